The summed E-state index contributed by atoms with van der Waals surface area (Å²) >= 11 is 0.991. The van der Waals surface area contributed by atoms with Crippen LogP contribution in [0.4, 0.5) is 9.93 Å². The smallest absolute Gasteiger partial charge is 0.408 e. The third-order valence-corrected chi connectivity index (χ3v) is 4.54. The Morgan fingerprint density at radius 2 is 1.69 bits per heavy atom. The molecule has 2 N–H and O–H groups in total. The van der Waals surface area contributed by atoms with Gasteiger partial charge >= 0.3 is 12.1 Å². The van der Waals surface area contributed by atoms with Crippen molar-refractivity contribution in [1.29, 1.82) is 0 Å². The van der Waals surface area contributed by atoms with Gasteiger partial charge in [0.1, 0.15) is 12.6 Å². The highest BCUT2D eigenvalue weighted by molar-refractivity contribution is 7.10. The molecular formula is C20H20N4O4S. The summed E-state index contributed by atoms with van der Waals surface area (Å²) in [5, 5.41) is 5.56. The predicted molar refractivity (Wildman–Crippen MR) is 109 cm³/mol. The number of nitrogens with one attached hydrogen (secondary N) is 2. The first-order valence-corrected chi connectivity index (χ1v) is 9.61. The van der Waals surface area contributed by atoms with Crippen molar-refractivity contribution in [3.05, 3.63) is 71.8 Å². The highest BCUT2D eigenvalue weighted by Gasteiger charge is 2.23. The van der Waals surface area contributed by atoms with Crippen molar-refractivity contribution >= 4 is 28.7 Å². The third kappa shape index (κ3) is 6.28. The van der Waals surface area contributed by atoms with Gasteiger partial charge in [0.2, 0.25) is 11.0 Å². The molecule has 2 aromatic carbocycles. The molecule has 0 spiro atoms. The molecule has 3 aromatic rings. The second-order valence-corrected chi connectivity index (χ2v) is 6.78. The van der Waals surface area contributed by atoms with Gasteiger partial charge in [-0.05, 0) is 11.1 Å². The Hall–Kier alpha value is -3.46. The van der Waals surface area contributed by atoms with Crippen molar-refractivity contribution in [3.8, 4) is 6.01 Å². The summed E-state index contributed by atoms with van der Waals surface area (Å²) in [6.07, 6.45) is -0.386. The number of rotatable bonds is 8. The molecule has 0 fully saturated rings. The molecule has 29 heavy (non-hydrogen) atoms. The summed E-state index contributed by atoms with van der Waals surface area (Å²) in [6.45, 7) is 0.111. The van der Waals surface area contributed by atoms with E-state index in [2.05, 4.69) is 20.0 Å². The zero-order valence-corrected chi connectivity index (χ0v) is 16.5. The largest absolute Gasteiger partial charge is 0.466 e. The number of carbonyl (C=O) groups excluding carboxylic acids is 2. The van der Waals surface area contributed by atoms with Crippen LogP contribution in [0.1, 0.15) is 11.1 Å². The lowest BCUT2D eigenvalue weighted by molar-refractivity contribution is -0.118. The van der Waals surface area contributed by atoms with Gasteiger partial charge in [0, 0.05) is 18.0 Å². The molecule has 3 rings (SSSR count). The van der Waals surface area contributed by atoms with E-state index in [1.165, 1.54) is 7.11 Å². The predicted octanol–water partition coefficient (Wildman–Crippen LogP) is 3.02. The Bertz CT molecular complexity index is 934. The van der Waals surface area contributed by atoms with Crippen molar-refractivity contribution in [2.45, 2.75) is 19.1 Å². The summed E-state index contributed by atoms with van der Waals surface area (Å²) in [7, 11) is 1.44. The van der Waals surface area contributed by atoms with Crippen LogP contribution in [0.5, 0.6) is 6.01 Å². The number of nitrogens with zero attached hydrogens (tertiary/aromatic N) is 2. The van der Waals surface area contributed by atoms with E-state index in [-0.39, 0.29) is 17.7 Å². The standard InChI is InChI=1S/C20H20N4O4S/c1-27-18-23-19(29-24-18)22-17(25)16(12-14-8-4-2-5-9-14)21-20(26)28-13-15-10-6-3-7-11-15/h2-11,16H,12-13H2,1H3,(H,21,26)(H,22,23,24,25)/t16-/m0/s1. The second-order valence-electron chi connectivity index (χ2n) is 6.02. The number of alkyl carbamates (subject to hydrolysis) is 1. The molecule has 0 saturated heterocycles. The maximum Gasteiger partial charge on any atom is 0.408 e. The molecule has 1 atom stereocenters. The summed E-state index contributed by atoms with van der Waals surface area (Å²) in [4.78, 5) is 29.0. The fourth-order valence-electron chi connectivity index (χ4n) is 2.50. The molecular weight excluding hydrogens is 392 g/mol. The average molecular weight is 412 g/mol. The number of ether oxygens (including phenoxy) is 2. The maximum absolute atomic E-state index is 12.7. The lowest BCUT2D eigenvalue weighted by Gasteiger charge is -2.17. The van der Waals surface area contributed by atoms with Crippen molar-refractivity contribution < 1.29 is 19.1 Å². The second kappa shape index (κ2) is 10.2. The van der Waals surface area contributed by atoms with Gasteiger partial charge in [0.25, 0.3) is 0 Å². The number of hydrogen-bond donors (Lipinski definition) is 2. The van der Waals surface area contributed by atoms with Gasteiger partial charge in [-0.3, -0.25) is 10.1 Å². The molecule has 2 amide bonds. The van der Waals surface area contributed by atoms with Crippen LogP contribution in [0.3, 0.4) is 0 Å². The van der Waals surface area contributed by atoms with Crippen molar-refractivity contribution in [3.63, 3.8) is 0 Å². The minimum absolute atomic E-state index is 0.111. The molecule has 8 nitrogen and oxygen atoms in total. The number of amides is 2. The van der Waals surface area contributed by atoms with E-state index < -0.39 is 18.0 Å². The quantitative estimate of drug-likeness (QED) is 0.590. The van der Waals surface area contributed by atoms with Crippen LogP contribution < -0.4 is 15.4 Å². The monoisotopic (exact) mass is 412 g/mol. The minimum atomic E-state index is -0.851. The first-order chi connectivity index (χ1) is 14.1. The summed E-state index contributed by atoms with van der Waals surface area (Å²) in [6, 6.07) is 18.0. The van der Waals surface area contributed by atoms with Gasteiger partial charge in [0.05, 0.1) is 7.11 Å². The van der Waals surface area contributed by atoms with Gasteiger partial charge in [-0.15, -0.1) is 4.37 Å². The fourth-order valence-corrected chi connectivity index (χ4v) is 3.05. The number of aromatic nitrogens is 2. The van der Waals surface area contributed by atoms with Crippen LogP contribution in [0, 0.1) is 0 Å². The zero-order chi connectivity index (χ0) is 20.5. The molecule has 0 aliphatic carbocycles. The molecule has 9 heteroatoms. The van der Waals surface area contributed by atoms with Crippen LogP contribution in [-0.2, 0) is 22.6 Å². The molecule has 0 bridgehead atoms. The van der Waals surface area contributed by atoms with Crippen LogP contribution in [0.2, 0.25) is 0 Å². The summed E-state index contributed by atoms with van der Waals surface area (Å²) in [5.74, 6) is -0.427. The number of hydrogen-bond acceptors (Lipinski definition) is 7. The molecule has 0 unspecified atom stereocenters. The molecule has 0 aliphatic rings. The number of carbonyl (C=O) groups is 2. The molecule has 1 aromatic heterocycles. The summed E-state index contributed by atoms with van der Waals surface area (Å²) in [5.41, 5.74) is 1.75. The lowest BCUT2D eigenvalue weighted by atomic mass is 10.1. The van der Waals surface area contributed by atoms with Crippen LogP contribution in [0.25, 0.3) is 0 Å². The summed E-state index contributed by atoms with van der Waals surface area (Å²) < 4.78 is 14.1. The molecule has 1 heterocycles. The zero-order valence-electron chi connectivity index (χ0n) is 15.7. The Morgan fingerprint density at radius 3 is 2.31 bits per heavy atom. The van der Waals surface area contributed by atoms with E-state index in [9.17, 15) is 9.59 Å². The SMILES string of the molecule is COc1nsc(NC(=O)[C@H](Cc2ccccc2)NC(=O)OCc2ccccc2)n1. The average Bonchev–Trinajstić information content (AvgIpc) is 3.21. The lowest BCUT2D eigenvalue weighted by Crippen LogP contribution is -2.45. The van der Waals surface area contributed by atoms with E-state index in [1.807, 2.05) is 60.7 Å². The van der Waals surface area contributed by atoms with Gasteiger partial charge < -0.3 is 14.8 Å². The van der Waals surface area contributed by atoms with Crippen molar-refractivity contribution in [2.75, 3.05) is 12.4 Å². The first-order valence-electron chi connectivity index (χ1n) is 8.84. The van der Waals surface area contributed by atoms with Crippen molar-refractivity contribution in [2.24, 2.45) is 0 Å². The topological polar surface area (TPSA) is 102 Å². The fraction of sp³-hybridized carbons (Fsp3) is 0.200. The third-order valence-electron chi connectivity index (χ3n) is 3.92. The van der Waals surface area contributed by atoms with E-state index in [0.29, 0.717) is 6.42 Å². The van der Waals surface area contributed by atoms with E-state index in [4.69, 9.17) is 9.47 Å². The Kier molecular flexibility index (Phi) is 7.12. The van der Waals surface area contributed by atoms with E-state index in [1.54, 1.807) is 0 Å². The van der Waals surface area contributed by atoms with Gasteiger partial charge in [-0.2, -0.15) is 4.98 Å². The first kappa shape index (κ1) is 20.3. The van der Waals surface area contributed by atoms with Gasteiger partial charge in [0.15, 0.2) is 0 Å². The van der Waals surface area contributed by atoms with Gasteiger partial charge in [-0.25, -0.2) is 4.79 Å². The normalized spacial score (nSPS) is 11.3. The minimum Gasteiger partial charge on any atom is -0.466 e. The van der Waals surface area contributed by atoms with Crippen LogP contribution in [-0.4, -0.2) is 34.5 Å². The Labute approximate surface area is 172 Å². The highest BCUT2D eigenvalue weighted by Crippen LogP contribution is 2.16. The van der Waals surface area contributed by atoms with E-state index >= 15 is 0 Å². The number of benzene rings is 2. The maximum atomic E-state index is 12.7. The number of anilines is 1. The number of methoxy groups -OCH3 is 1. The van der Waals surface area contributed by atoms with Crippen LogP contribution in [0.15, 0.2) is 60.7 Å². The molecule has 0 radical (unpaired) electrons. The molecule has 0 aliphatic heterocycles. The van der Waals surface area contributed by atoms with E-state index in [0.717, 1.165) is 22.7 Å². The Balaban J connectivity index is 1.64. The van der Waals surface area contributed by atoms with Crippen LogP contribution >= 0.6 is 11.5 Å². The molecule has 150 valence electrons. The van der Waals surface area contributed by atoms with Crippen molar-refractivity contribution in [1.82, 2.24) is 14.7 Å². The molecule has 0 saturated carbocycles. The van der Waals surface area contributed by atoms with Gasteiger partial charge in [-0.1, -0.05) is 60.7 Å². The Morgan fingerprint density at radius 1 is 1.03 bits per heavy atom. The highest BCUT2D eigenvalue weighted by atomic mass is 32.1.